The van der Waals surface area contributed by atoms with Gasteiger partial charge in [-0.3, -0.25) is 9.59 Å². The summed E-state index contributed by atoms with van der Waals surface area (Å²) < 4.78 is 2.65. The molecule has 1 aromatic heterocycles. The van der Waals surface area contributed by atoms with Gasteiger partial charge in [0.15, 0.2) is 0 Å². The average molecular weight is 183 g/mol. The summed E-state index contributed by atoms with van der Waals surface area (Å²) in [5.74, 6) is 0. The van der Waals surface area contributed by atoms with Crippen LogP contribution in [0.15, 0.2) is 22.0 Å². The van der Waals surface area contributed by atoms with Crippen molar-refractivity contribution in [3.8, 4) is 0 Å². The largest absolute Gasteiger partial charge is 0.330 e. The van der Waals surface area contributed by atoms with E-state index in [9.17, 15) is 9.59 Å². The zero-order valence-corrected chi connectivity index (χ0v) is 7.56. The van der Waals surface area contributed by atoms with Gasteiger partial charge in [0.05, 0.1) is 0 Å². The van der Waals surface area contributed by atoms with Crippen LogP contribution in [0.1, 0.15) is 6.42 Å². The third-order valence-corrected chi connectivity index (χ3v) is 1.84. The molecular formula is C8H13N3O2. The molecule has 5 heteroatoms. The SMILES string of the molecule is Cn1ccn(CCCN)c(=O)c1=O. The van der Waals surface area contributed by atoms with E-state index in [1.807, 2.05) is 0 Å². The molecule has 0 aliphatic carbocycles. The van der Waals surface area contributed by atoms with Crippen LogP contribution in [-0.2, 0) is 13.6 Å². The predicted molar refractivity (Wildman–Crippen MR) is 49.6 cm³/mol. The molecule has 13 heavy (non-hydrogen) atoms. The summed E-state index contributed by atoms with van der Waals surface area (Å²) in [6.07, 6.45) is 3.87. The first kappa shape index (κ1) is 9.73. The second-order valence-corrected chi connectivity index (χ2v) is 2.85. The van der Waals surface area contributed by atoms with Gasteiger partial charge < -0.3 is 14.9 Å². The summed E-state index contributed by atoms with van der Waals surface area (Å²) in [6.45, 7) is 1.02. The van der Waals surface area contributed by atoms with E-state index >= 15 is 0 Å². The third-order valence-electron chi connectivity index (χ3n) is 1.84. The van der Waals surface area contributed by atoms with Crippen molar-refractivity contribution in [2.24, 2.45) is 12.8 Å². The van der Waals surface area contributed by atoms with Crippen LogP contribution in [0.4, 0.5) is 0 Å². The van der Waals surface area contributed by atoms with Gasteiger partial charge in [-0.05, 0) is 13.0 Å². The lowest BCUT2D eigenvalue weighted by molar-refractivity contribution is 0.606. The molecule has 0 spiro atoms. The highest BCUT2D eigenvalue weighted by Gasteiger charge is 2.00. The second-order valence-electron chi connectivity index (χ2n) is 2.85. The van der Waals surface area contributed by atoms with E-state index in [-0.39, 0.29) is 0 Å². The molecule has 0 unspecified atom stereocenters. The van der Waals surface area contributed by atoms with Gasteiger partial charge in [-0.25, -0.2) is 0 Å². The number of rotatable bonds is 3. The van der Waals surface area contributed by atoms with Gasteiger partial charge in [0.1, 0.15) is 0 Å². The third kappa shape index (κ3) is 2.06. The Kier molecular flexibility index (Phi) is 3.02. The van der Waals surface area contributed by atoms with Gasteiger partial charge >= 0.3 is 11.1 Å². The zero-order chi connectivity index (χ0) is 9.84. The first-order chi connectivity index (χ1) is 6.16. The van der Waals surface area contributed by atoms with Gasteiger partial charge in [-0.15, -0.1) is 0 Å². The first-order valence-electron chi connectivity index (χ1n) is 4.13. The van der Waals surface area contributed by atoms with E-state index in [4.69, 9.17) is 5.73 Å². The quantitative estimate of drug-likeness (QED) is 0.604. The highest BCUT2D eigenvalue weighted by molar-refractivity contribution is 4.84. The minimum atomic E-state index is -0.500. The van der Waals surface area contributed by atoms with E-state index in [0.29, 0.717) is 19.5 Å². The maximum absolute atomic E-state index is 11.3. The van der Waals surface area contributed by atoms with Crippen molar-refractivity contribution in [2.45, 2.75) is 13.0 Å². The molecule has 0 aliphatic heterocycles. The first-order valence-corrected chi connectivity index (χ1v) is 4.13. The molecule has 5 nitrogen and oxygen atoms in total. The molecule has 0 saturated heterocycles. The number of hydrogen-bond acceptors (Lipinski definition) is 3. The van der Waals surface area contributed by atoms with Crippen molar-refractivity contribution in [3.63, 3.8) is 0 Å². The standard InChI is InChI=1S/C8H13N3O2/c1-10-5-6-11(4-2-3-9)8(13)7(10)12/h5-6H,2-4,9H2,1H3. The summed E-state index contributed by atoms with van der Waals surface area (Å²) in [5.41, 5.74) is 4.31. The topological polar surface area (TPSA) is 70.0 Å². The van der Waals surface area contributed by atoms with E-state index in [1.165, 1.54) is 9.13 Å². The van der Waals surface area contributed by atoms with Crippen molar-refractivity contribution >= 4 is 0 Å². The maximum Gasteiger partial charge on any atom is 0.316 e. The van der Waals surface area contributed by atoms with Crippen molar-refractivity contribution in [2.75, 3.05) is 6.54 Å². The van der Waals surface area contributed by atoms with Gasteiger partial charge in [0, 0.05) is 26.0 Å². The van der Waals surface area contributed by atoms with Gasteiger partial charge in [-0.1, -0.05) is 0 Å². The van der Waals surface area contributed by atoms with Crippen LogP contribution in [0.3, 0.4) is 0 Å². The molecule has 2 N–H and O–H groups in total. The van der Waals surface area contributed by atoms with E-state index in [1.54, 1.807) is 19.4 Å². The van der Waals surface area contributed by atoms with Gasteiger partial charge in [0.2, 0.25) is 0 Å². The molecule has 1 rings (SSSR count). The summed E-state index contributed by atoms with van der Waals surface area (Å²) in [6, 6.07) is 0. The summed E-state index contributed by atoms with van der Waals surface area (Å²) in [5, 5.41) is 0. The second kappa shape index (κ2) is 4.04. The lowest BCUT2D eigenvalue weighted by atomic mass is 10.4. The average Bonchev–Trinajstić information content (AvgIpc) is 2.13. The summed E-state index contributed by atoms with van der Waals surface area (Å²) >= 11 is 0. The predicted octanol–water partition coefficient (Wildman–Crippen LogP) is -1.10. The van der Waals surface area contributed by atoms with Crippen LogP contribution in [0.5, 0.6) is 0 Å². The molecular weight excluding hydrogens is 170 g/mol. The summed E-state index contributed by atoms with van der Waals surface area (Å²) in [7, 11) is 1.55. The van der Waals surface area contributed by atoms with Gasteiger partial charge in [0.25, 0.3) is 0 Å². The van der Waals surface area contributed by atoms with E-state index < -0.39 is 11.1 Å². The Hall–Kier alpha value is -1.36. The minimum Gasteiger partial charge on any atom is -0.330 e. The molecule has 0 atom stereocenters. The number of nitrogens with zero attached hydrogens (tertiary/aromatic N) is 2. The van der Waals surface area contributed by atoms with Crippen molar-refractivity contribution in [3.05, 3.63) is 33.1 Å². The highest BCUT2D eigenvalue weighted by Crippen LogP contribution is 1.82. The van der Waals surface area contributed by atoms with Crippen LogP contribution < -0.4 is 16.9 Å². The number of hydrogen-bond donors (Lipinski definition) is 1. The molecule has 0 radical (unpaired) electrons. The van der Waals surface area contributed by atoms with E-state index in [2.05, 4.69) is 0 Å². The molecule has 0 fully saturated rings. The molecule has 1 heterocycles. The Morgan fingerprint density at radius 3 is 2.62 bits per heavy atom. The zero-order valence-electron chi connectivity index (χ0n) is 7.56. The van der Waals surface area contributed by atoms with Crippen LogP contribution in [0.25, 0.3) is 0 Å². The Labute approximate surface area is 75.4 Å². The fourth-order valence-corrected chi connectivity index (χ4v) is 1.03. The van der Waals surface area contributed by atoms with Crippen molar-refractivity contribution in [1.29, 1.82) is 0 Å². The molecule has 72 valence electrons. The molecule has 0 amide bonds. The molecule has 0 aromatic carbocycles. The summed E-state index contributed by atoms with van der Waals surface area (Å²) in [4.78, 5) is 22.4. The fourth-order valence-electron chi connectivity index (χ4n) is 1.03. The Morgan fingerprint density at radius 1 is 1.31 bits per heavy atom. The fraction of sp³-hybridized carbons (Fsp3) is 0.500. The molecule has 0 aliphatic rings. The molecule has 0 saturated carbocycles. The monoisotopic (exact) mass is 183 g/mol. The van der Waals surface area contributed by atoms with Crippen LogP contribution in [0.2, 0.25) is 0 Å². The normalized spacial score (nSPS) is 10.3. The Bertz CT molecular complexity index is 391. The Morgan fingerprint density at radius 2 is 2.00 bits per heavy atom. The van der Waals surface area contributed by atoms with Gasteiger partial charge in [-0.2, -0.15) is 0 Å². The lowest BCUT2D eigenvalue weighted by Crippen LogP contribution is -2.39. The number of nitrogens with two attached hydrogens (primary N) is 1. The van der Waals surface area contributed by atoms with Crippen LogP contribution in [0, 0.1) is 0 Å². The Balaban J connectivity index is 3.05. The highest BCUT2D eigenvalue weighted by atomic mass is 16.2. The van der Waals surface area contributed by atoms with Crippen LogP contribution >= 0.6 is 0 Å². The van der Waals surface area contributed by atoms with Crippen molar-refractivity contribution < 1.29 is 0 Å². The van der Waals surface area contributed by atoms with Crippen LogP contribution in [-0.4, -0.2) is 15.7 Å². The maximum atomic E-state index is 11.3. The molecule has 1 aromatic rings. The smallest absolute Gasteiger partial charge is 0.316 e. The van der Waals surface area contributed by atoms with E-state index in [0.717, 1.165) is 0 Å². The van der Waals surface area contributed by atoms with Crippen molar-refractivity contribution in [1.82, 2.24) is 9.13 Å². The minimum absolute atomic E-state index is 0.488. The number of aromatic nitrogens is 2. The molecule has 0 bridgehead atoms. The lowest BCUT2D eigenvalue weighted by Gasteiger charge is -2.03. The number of aryl methyl sites for hydroxylation is 2.